The fourth-order valence-corrected chi connectivity index (χ4v) is 2.89. The topological polar surface area (TPSA) is 61.6 Å². The van der Waals surface area contributed by atoms with Gasteiger partial charge >= 0.3 is 0 Å². The Balaban J connectivity index is 1.98. The molecule has 0 unspecified atom stereocenters. The average Bonchev–Trinajstić information content (AvgIpc) is 2.48. The highest BCUT2D eigenvalue weighted by Gasteiger charge is 2.31. The summed E-state index contributed by atoms with van der Waals surface area (Å²) in [6.45, 7) is 7.24. The zero-order chi connectivity index (χ0) is 15.4. The van der Waals surface area contributed by atoms with Gasteiger partial charge in [0.25, 0.3) is 5.91 Å². The molecule has 116 valence electrons. The van der Waals surface area contributed by atoms with Gasteiger partial charge in [0.2, 0.25) is 0 Å². The molecule has 1 heterocycles. The van der Waals surface area contributed by atoms with Crippen LogP contribution < -0.4 is 16.2 Å². The summed E-state index contributed by atoms with van der Waals surface area (Å²) in [5.74, 6) is 5.11. The van der Waals surface area contributed by atoms with E-state index in [9.17, 15) is 9.18 Å². The lowest BCUT2D eigenvalue weighted by atomic mass is 10.0. The quantitative estimate of drug-likeness (QED) is 0.493. The number of benzene rings is 1. The van der Waals surface area contributed by atoms with Crippen molar-refractivity contribution in [1.82, 2.24) is 10.3 Å². The van der Waals surface area contributed by atoms with Gasteiger partial charge in [-0.2, -0.15) is 0 Å². The Bertz CT molecular complexity index is 469. The first-order chi connectivity index (χ1) is 10.0. The van der Waals surface area contributed by atoms with Crippen LogP contribution in [0.2, 0.25) is 0 Å². The Kier molecular flexibility index (Phi) is 5.14. The predicted molar refractivity (Wildman–Crippen MR) is 81.1 cm³/mol. The van der Waals surface area contributed by atoms with Gasteiger partial charge in [-0.1, -0.05) is 13.8 Å². The molecule has 6 heteroatoms. The van der Waals surface area contributed by atoms with Gasteiger partial charge in [-0.25, -0.2) is 10.2 Å². The van der Waals surface area contributed by atoms with Gasteiger partial charge in [-0.05, 0) is 30.2 Å². The van der Waals surface area contributed by atoms with Gasteiger partial charge < -0.3 is 4.90 Å². The van der Waals surface area contributed by atoms with Crippen LogP contribution in [0, 0.1) is 11.7 Å². The zero-order valence-corrected chi connectivity index (χ0v) is 12.6. The fourth-order valence-electron chi connectivity index (χ4n) is 2.89. The minimum atomic E-state index is -0.225. The third-order valence-corrected chi connectivity index (χ3v) is 3.94. The highest BCUT2D eigenvalue weighted by molar-refractivity contribution is 5.81. The summed E-state index contributed by atoms with van der Waals surface area (Å²) >= 11 is 0. The van der Waals surface area contributed by atoms with Crippen molar-refractivity contribution in [3.8, 4) is 0 Å². The number of hydrogen-bond acceptors (Lipinski definition) is 4. The fraction of sp³-hybridized carbons (Fsp3) is 0.533. The number of carbonyl (C=O) groups is 1. The number of nitrogens with two attached hydrogens (primary N) is 1. The number of anilines is 1. The number of hydrogen-bond donors (Lipinski definition) is 2. The first kappa shape index (κ1) is 15.7. The van der Waals surface area contributed by atoms with Gasteiger partial charge in [0, 0.05) is 31.9 Å². The second kappa shape index (κ2) is 6.87. The molecule has 1 aliphatic heterocycles. The third-order valence-electron chi connectivity index (χ3n) is 3.94. The van der Waals surface area contributed by atoms with Gasteiger partial charge in [-0.15, -0.1) is 0 Å². The SMILES string of the molecule is CC(C)[C@H](C(=O)NN)N1CCN(c2ccc(F)cc2)CC1. The molecule has 1 fully saturated rings. The molecule has 0 saturated carbocycles. The summed E-state index contributed by atoms with van der Waals surface area (Å²) < 4.78 is 13.0. The Morgan fingerprint density at radius 3 is 2.24 bits per heavy atom. The second-order valence-electron chi connectivity index (χ2n) is 5.70. The molecule has 21 heavy (non-hydrogen) atoms. The molecule has 1 amide bonds. The van der Waals surface area contributed by atoms with Crippen LogP contribution in [0.4, 0.5) is 10.1 Å². The van der Waals surface area contributed by atoms with Crippen LogP contribution in [0.5, 0.6) is 0 Å². The number of piperazine rings is 1. The van der Waals surface area contributed by atoms with E-state index in [1.807, 2.05) is 13.8 Å². The number of halogens is 1. The lowest BCUT2D eigenvalue weighted by Crippen LogP contribution is -2.57. The highest BCUT2D eigenvalue weighted by atomic mass is 19.1. The molecule has 1 saturated heterocycles. The summed E-state index contributed by atoms with van der Waals surface area (Å²) in [5.41, 5.74) is 3.27. The normalized spacial score (nSPS) is 17.9. The van der Waals surface area contributed by atoms with Crippen molar-refractivity contribution < 1.29 is 9.18 Å². The number of nitrogens with zero attached hydrogens (tertiary/aromatic N) is 2. The van der Waals surface area contributed by atoms with Crippen molar-refractivity contribution in [2.45, 2.75) is 19.9 Å². The van der Waals surface area contributed by atoms with Gasteiger partial charge in [-0.3, -0.25) is 15.1 Å². The van der Waals surface area contributed by atoms with Crippen LogP contribution in [0.15, 0.2) is 24.3 Å². The van der Waals surface area contributed by atoms with E-state index in [4.69, 9.17) is 5.84 Å². The third kappa shape index (κ3) is 3.71. The van der Waals surface area contributed by atoms with Gasteiger partial charge in [0.05, 0.1) is 6.04 Å². The Hall–Kier alpha value is -1.66. The van der Waals surface area contributed by atoms with E-state index < -0.39 is 0 Å². The number of carbonyl (C=O) groups excluding carboxylic acids is 1. The maximum Gasteiger partial charge on any atom is 0.251 e. The molecular formula is C15H23FN4O. The highest BCUT2D eigenvalue weighted by Crippen LogP contribution is 2.19. The smallest absolute Gasteiger partial charge is 0.251 e. The molecule has 0 bridgehead atoms. The van der Waals surface area contributed by atoms with E-state index in [0.717, 1.165) is 31.9 Å². The Morgan fingerprint density at radius 1 is 1.19 bits per heavy atom. The summed E-state index contributed by atoms with van der Waals surface area (Å²) in [6.07, 6.45) is 0. The number of rotatable bonds is 4. The molecule has 1 aromatic rings. The Labute approximate surface area is 124 Å². The average molecular weight is 294 g/mol. The lowest BCUT2D eigenvalue weighted by molar-refractivity contribution is -0.128. The first-order valence-corrected chi connectivity index (χ1v) is 7.28. The van der Waals surface area contributed by atoms with Gasteiger partial charge in [0.1, 0.15) is 5.82 Å². The van der Waals surface area contributed by atoms with Crippen LogP contribution in [-0.2, 0) is 4.79 Å². The van der Waals surface area contributed by atoms with E-state index >= 15 is 0 Å². The van der Waals surface area contributed by atoms with Crippen LogP contribution >= 0.6 is 0 Å². The maximum atomic E-state index is 13.0. The molecular weight excluding hydrogens is 271 g/mol. The van der Waals surface area contributed by atoms with Gasteiger partial charge in [0.15, 0.2) is 0 Å². The summed E-state index contributed by atoms with van der Waals surface area (Å²) in [6, 6.07) is 6.32. The largest absolute Gasteiger partial charge is 0.369 e. The minimum absolute atomic E-state index is 0.139. The van der Waals surface area contributed by atoms with E-state index in [0.29, 0.717) is 0 Å². The standard InChI is InChI=1S/C15H23FN4O/c1-11(2)14(15(21)18-17)20-9-7-19(8-10-20)13-5-3-12(16)4-6-13/h3-6,11,14H,7-10,17H2,1-2H3,(H,18,21)/t14-/m1/s1. The lowest BCUT2D eigenvalue weighted by Gasteiger charge is -2.40. The Morgan fingerprint density at radius 2 is 1.76 bits per heavy atom. The van der Waals surface area contributed by atoms with E-state index in [1.165, 1.54) is 12.1 Å². The maximum absolute atomic E-state index is 13.0. The molecule has 3 N–H and O–H groups in total. The van der Waals surface area contributed by atoms with Crippen molar-refractivity contribution in [3.63, 3.8) is 0 Å². The molecule has 0 aliphatic carbocycles. The van der Waals surface area contributed by atoms with E-state index in [2.05, 4.69) is 15.2 Å². The molecule has 1 atom stereocenters. The van der Waals surface area contributed by atoms with Crippen molar-refractivity contribution in [3.05, 3.63) is 30.1 Å². The van der Waals surface area contributed by atoms with Crippen LogP contribution in [0.25, 0.3) is 0 Å². The van der Waals surface area contributed by atoms with Crippen molar-refractivity contribution in [2.75, 3.05) is 31.1 Å². The van der Waals surface area contributed by atoms with Crippen LogP contribution in [0.3, 0.4) is 0 Å². The molecule has 5 nitrogen and oxygen atoms in total. The van der Waals surface area contributed by atoms with Crippen LogP contribution in [-0.4, -0.2) is 43.0 Å². The van der Waals surface area contributed by atoms with Crippen molar-refractivity contribution >= 4 is 11.6 Å². The number of amides is 1. The summed E-state index contributed by atoms with van der Waals surface area (Å²) in [4.78, 5) is 16.3. The molecule has 0 radical (unpaired) electrons. The summed E-state index contributed by atoms with van der Waals surface area (Å²) in [5, 5.41) is 0. The molecule has 1 aromatic carbocycles. The first-order valence-electron chi connectivity index (χ1n) is 7.28. The van der Waals surface area contributed by atoms with E-state index in [1.54, 1.807) is 12.1 Å². The summed E-state index contributed by atoms with van der Waals surface area (Å²) in [7, 11) is 0. The molecule has 1 aliphatic rings. The number of nitrogens with one attached hydrogen (secondary N) is 1. The van der Waals surface area contributed by atoms with Crippen molar-refractivity contribution in [2.24, 2.45) is 11.8 Å². The minimum Gasteiger partial charge on any atom is -0.369 e. The molecule has 2 rings (SSSR count). The van der Waals surface area contributed by atoms with Crippen molar-refractivity contribution in [1.29, 1.82) is 0 Å². The monoisotopic (exact) mass is 294 g/mol. The van der Waals surface area contributed by atoms with E-state index in [-0.39, 0.29) is 23.7 Å². The van der Waals surface area contributed by atoms with Crippen LogP contribution in [0.1, 0.15) is 13.8 Å². The molecule has 0 spiro atoms. The second-order valence-corrected chi connectivity index (χ2v) is 5.70. The predicted octanol–water partition coefficient (Wildman–Crippen LogP) is 0.962. The zero-order valence-electron chi connectivity index (χ0n) is 12.6. The molecule has 0 aromatic heterocycles. The number of hydrazine groups is 1.